The van der Waals surface area contributed by atoms with Gasteiger partial charge in [-0.15, -0.1) is 0 Å². The van der Waals surface area contributed by atoms with Crippen LogP contribution in [0.2, 0.25) is 0 Å². The second kappa shape index (κ2) is 8.08. The Morgan fingerprint density at radius 1 is 1.08 bits per heavy atom. The summed E-state index contributed by atoms with van der Waals surface area (Å²) in [5.74, 6) is -0.404. The van der Waals surface area contributed by atoms with Crippen molar-refractivity contribution in [2.75, 3.05) is 6.54 Å². The van der Waals surface area contributed by atoms with Crippen LogP contribution in [0.3, 0.4) is 0 Å². The quantitative estimate of drug-likeness (QED) is 0.617. The van der Waals surface area contributed by atoms with Crippen LogP contribution in [0, 0.1) is 6.92 Å². The molecular formula is C18H21NO4S. The summed E-state index contributed by atoms with van der Waals surface area (Å²) in [6, 6.07) is 14.4. The third-order valence-electron chi connectivity index (χ3n) is 3.45. The molecule has 0 aliphatic carbocycles. The molecule has 2 aromatic rings. The van der Waals surface area contributed by atoms with Crippen LogP contribution in [0.15, 0.2) is 48.5 Å². The summed E-state index contributed by atoms with van der Waals surface area (Å²) in [5.41, 5.74) is 2.76. The third kappa shape index (κ3) is 5.79. The molecule has 0 radical (unpaired) electrons. The molecule has 6 heteroatoms. The Balaban J connectivity index is 1.88. The lowest BCUT2D eigenvalue weighted by Gasteiger charge is -2.08. The number of nitrogens with one attached hydrogen (secondary N) is 1. The van der Waals surface area contributed by atoms with Crippen LogP contribution in [0.5, 0.6) is 5.75 Å². The van der Waals surface area contributed by atoms with E-state index in [1.54, 1.807) is 30.3 Å². The van der Waals surface area contributed by atoms with E-state index in [0.717, 1.165) is 17.5 Å². The van der Waals surface area contributed by atoms with Gasteiger partial charge in [0.1, 0.15) is 12.3 Å². The van der Waals surface area contributed by atoms with E-state index in [2.05, 4.69) is 4.72 Å². The highest BCUT2D eigenvalue weighted by Crippen LogP contribution is 2.14. The molecule has 0 spiro atoms. The average molecular weight is 347 g/mol. The van der Waals surface area contributed by atoms with Crippen molar-refractivity contribution in [2.45, 2.75) is 26.0 Å². The molecule has 5 nitrogen and oxygen atoms in total. The van der Waals surface area contributed by atoms with Gasteiger partial charge in [0.25, 0.3) is 0 Å². The summed E-state index contributed by atoms with van der Waals surface area (Å²) in [7, 11) is -3.60. The third-order valence-corrected chi connectivity index (χ3v) is 4.75. The van der Waals surface area contributed by atoms with Crippen LogP contribution in [-0.4, -0.2) is 20.9 Å². The maximum atomic E-state index is 12.0. The lowest BCUT2D eigenvalue weighted by atomic mass is 10.2. The molecule has 2 aromatic carbocycles. The van der Waals surface area contributed by atoms with Crippen LogP contribution in [0.25, 0.3) is 0 Å². The van der Waals surface area contributed by atoms with Gasteiger partial charge in [-0.25, -0.2) is 13.1 Å². The first-order valence-electron chi connectivity index (χ1n) is 7.70. The average Bonchev–Trinajstić information content (AvgIpc) is 2.55. The van der Waals surface area contributed by atoms with Gasteiger partial charge in [0.15, 0.2) is 0 Å². The van der Waals surface area contributed by atoms with Gasteiger partial charge >= 0.3 is 5.97 Å². The monoisotopic (exact) mass is 347 g/mol. The fraction of sp³-hybridized carbons (Fsp3) is 0.278. The minimum absolute atomic E-state index is 0.175. The van der Waals surface area contributed by atoms with Gasteiger partial charge in [-0.1, -0.05) is 48.9 Å². The predicted molar refractivity (Wildman–Crippen MR) is 93.3 cm³/mol. The SMILES string of the molecule is CCc1cccc(OC(=O)CNS(=O)(=O)Cc2ccc(C)cc2)c1. The topological polar surface area (TPSA) is 72.5 Å². The van der Waals surface area contributed by atoms with Crippen LogP contribution < -0.4 is 9.46 Å². The van der Waals surface area contributed by atoms with Gasteiger partial charge in [-0.2, -0.15) is 0 Å². The summed E-state index contributed by atoms with van der Waals surface area (Å²) < 4.78 is 31.5. The zero-order valence-electron chi connectivity index (χ0n) is 13.8. The van der Waals surface area contributed by atoms with E-state index in [-0.39, 0.29) is 5.75 Å². The number of carbonyl (C=O) groups excluding carboxylic acids is 1. The number of hydrogen-bond donors (Lipinski definition) is 1. The molecule has 0 heterocycles. The highest BCUT2D eigenvalue weighted by Gasteiger charge is 2.14. The standard InChI is InChI=1S/C18H21NO4S/c1-3-15-5-4-6-17(11-15)23-18(20)12-19-24(21,22)13-16-9-7-14(2)8-10-16/h4-11,19H,3,12-13H2,1-2H3. The molecule has 0 atom stereocenters. The number of ether oxygens (including phenoxy) is 1. The largest absolute Gasteiger partial charge is 0.426 e. The number of benzene rings is 2. The number of esters is 1. The molecule has 2 rings (SSSR count). The fourth-order valence-electron chi connectivity index (χ4n) is 2.12. The fourth-order valence-corrected chi connectivity index (χ4v) is 3.19. The van der Waals surface area contributed by atoms with Crippen molar-refractivity contribution in [1.29, 1.82) is 0 Å². The first-order chi connectivity index (χ1) is 11.4. The first-order valence-corrected chi connectivity index (χ1v) is 9.35. The maximum Gasteiger partial charge on any atom is 0.326 e. The summed E-state index contributed by atoms with van der Waals surface area (Å²) >= 11 is 0. The number of aryl methyl sites for hydroxylation is 2. The molecule has 0 bridgehead atoms. The van der Waals surface area contributed by atoms with Gasteiger partial charge in [-0.3, -0.25) is 4.79 Å². The number of sulfonamides is 1. The van der Waals surface area contributed by atoms with Gasteiger partial charge in [0, 0.05) is 0 Å². The Bertz CT molecular complexity index is 798. The number of carbonyl (C=O) groups is 1. The van der Waals surface area contributed by atoms with Crippen LogP contribution in [-0.2, 0) is 27.0 Å². The smallest absolute Gasteiger partial charge is 0.326 e. The molecule has 24 heavy (non-hydrogen) atoms. The van der Waals surface area contributed by atoms with Gasteiger partial charge in [-0.05, 0) is 36.6 Å². The van der Waals surface area contributed by atoms with Crippen molar-refractivity contribution < 1.29 is 17.9 Å². The minimum Gasteiger partial charge on any atom is -0.426 e. The molecule has 0 unspecified atom stereocenters. The Kier molecular flexibility index (Phi) is 6.11. The minimum atomic E-state index is -3.60. The Labute approximate surface area is 142 Å². The number of hydrogen-bond acceptors (Lipinski definition) is 4. The molecule has 0 saturated heterocycles. The van der Waals surface area contributed by atoms with E-state index in [9.17, 15) is 13.2 Å². The van der Waals surface area contributed by atoms with Gasteiger partial charge in [0.05, 0.1) is 5.75 Å². The van der Waals surface area contributed by atoms with Crippen molar-refractivity contribution in [3.63, 3.8) is 0 Å². The predicted octanol–water partition coefficient (Wildman–Crippen LogP) is 2.58. The Morgan fingerprint density at radius 3 is 2.46 bits per heavy atom. The van der Waals surface area contributed by atoms with Crippen LogP contribution in [0.4, 0.5) is 0 Å². The van der Waals surface area contributed by atoms with Crippen LogP contribution in [0.1, 0.15) is 23.6 Å². The first kappa shape index (κ1) is 18.2. The molecule has 0 fully saturated rings. The molecule has 0 aliphatic heterocycles. The van der Waals surface area contributed by atoms with Crippen molar-refractivity contribution in [1.82, 2.24) is 4.72 Å². The Morgan fingerprint density at radius 2 is 1.79 bits per heavy atom. The van der Waals surface area contributed by atoms with E-state index in [0.29, 0.717) is 11.3 Å². The van der Waals surface area contributed by atoms with E-state index >= 15 is 0 Å². The second-order valence-corrected chi connectivity index (χ2v) is 7.35. The summed E-state index contributed by atoms with van der Waals surface area (Å²) in [6.07, 6.45) is 0.828. The van der Waals surface area contributed by atoms with Gasteiger partial charge in [0.2, 0.25) is 10.0 Å². The summed E-state index contributed by atoms with van der Waals surface area (Å²) in [5, 5.41) is 0. The summed E-state index contributed by atoms with van der Waals surface area (Å²) in [4.78, 5) is 11.8. The van der Waals surface area contributed by atoms with E-state index in [1.807, 2.05) is 32.0 Å². The molecule has 0 saturated carbocycles. The lowest BCUT2D eigenvalue weighted by Crippen LogP contribution is -2.32. The van der Waals surface area contributed by atoms with E-state index in [4.69, 9.17) is 4.74 Å². The highest BCUT2D eigenvalue weighted by atomic mass is 32.2. The van der Waals surface area contributed by atoms with E-state index < -0.39 is 22.5 Å². The maximum absolute atomic E-state index is 12.0. The van der Waals surface area contributed by atoms with Crippen molar-refractivity contribution in [2.24, 2.45) is 0 Å². The Hall–Kier alpha value is -2.18. The zero-order valence-corrected chi connectivity index (χ0v) is 14.6. The van der Waals surface area contributed by atoms with Crippen molar-refractivity contribution >= 4 is 16.0 Å². The van der Waals surface area contributed by atoms with Crippen molar-refractivity contribution in [3.8, 4) is 5.75 Å². The molecule has 128 valence electrons. The molecule has 0 amide bonds. The molecular weight excluding hydrogens is 326 g/mol. The normalized spacial score (nSPS) is 11.2. The second-order valence-electron chi connectivity index (χ2n) is 5.54. The van der Waals surface area contributed by atoms with Gasteiger partial charge < -0.3 is 4.74 Å². The van der Waals surface area contributed by atoms with Crippen molar-refractivity contribution in [3.05, 3.63) is 65.2 Å². The molecule has 0 aromatic heterocycles. The molecule has 0 aliphatic rings. The highest BCUT2D eigenvalue weighted by molar-refractivity contribution is 7.88. The van der Waals surface area contributed by atoms with E-state index in [1.165, 1.54) is 0 Å². The zero-order chi connectivity index (χ0) is 17.6. The lowest BCUT2D eigenvalue weighted by molar-refractivity contribution is -0.133. The summed E-state index contributed by atoms with van der Waals surface area (Å²) in [6.45, 7) is 3.53. The van der Waals surface area contributed by atoms with Crippen LogP contribution >= 0.6 is 0 Å². The molecule has 1 N–H and O–H groups in total. The number of rotatable bonds is 7.